The van der Waals surface area contributed by atoms with E-state index >= 15 is 0 Å². The van der Waals surface area contributed by atoms with Crippen LogP contribution in [0, 0.1) is 0 Å². The fraction of sp³-hybridized carbons (Fsp3) is 0.500. The van der Waals surface area contributed by atoms with E-state index in [9.17, 15) is 0 Å². The van der Waals surface area contributed by atoms with Crippen molar-refractivity contribution in [2.24, 2.45) is 10.9 Å². The Morgan fingerprint density at radius 1 is 2.00 bits per heavy atom. The van der Waals surface area contributed by atoms with Crippen molar-refractivity contribution >= 4 is 6.72 Å². The number of hydrogen-bond acceptors (Lipinski definition) is 3. The van der Waals surface area contributed by atoms with Gasteiger partial charge >= 0.3 is 0 Å². The molecular weight excluding hydrogens is 94.1 g/mol. The zero-order valence-corrected chi connectivity index (χ0v) is 4.18. The van der Waals surface area contributed by atoms with Crippen LogP contribution >= 0.6 is 0 Å². The van der Waals surface area contributed by atoms with Gasteiger partial charge in [-0.05, 0) is 6.72 Å². The number of hydrogen-bond donors (Lipinski definition) is 3. The first-order valence-corrected chi connectivity index (χ1v) is 1.78. The van der Waals surface area contributed by atoms with Gasteiger partial charge in [0.05, 0.1) is 7.05 Å². The van der Waals surface area contributed by atoms with Crippen LogP contribution < -0.4 is 16.5 Å². The monoisotopic (exact) mass is 103 g/mol. The molecule has 0 radical (unpaired) electrons. The first kappa shape index (κ1) is 6.35. The van der Waals surface area contributed by atoms with Gasteiger partial charge in [-0.25, -0.2) is 5.84 Å². The summed E-state index contributed by atoms with van der Waals surface area (Å²) in [5.41, 5.74) is 5.72. The molecule has 0 aliphatic carbocycles. The molecule has 7 heavy (non-hydrogen) atoms. The lowest BCUT2D eigenvalue weighted by Crippen LogP contribution is -3.13. The molecule has 0 fully saturated rings. The van der Waals surface area contributed by atoms with E-state index in [4.69, 9.17) is 5.84 Å². The van der Waals surface area contributed by atoms with Gasteiger partial charge in [-0.1, -0.05) is 0 Å². The van der Waals surface area contributed by atoms with Crippen molar-refractivity contribution in [3.63, 3.8) is 0 Å². The van der Waals surface area contributed by atoms with E-state index in [2.05, 4.69) is 22.9 Å². The number of nitrogens with one attached hydrogen (secondary N) is 2. The normalized spacial score (nSPS) is 12.9. The summed E-state index contributed by atoms with van der Waals surface area (Å²) in [6.07, 6.45) is 0. The van der Waals surface area contributed by atoms with Crippen molar-refractivity contribution in [3.8, 4) is 0 Å². The van der Waals surface area contributed by atoms with Crippen LogP contribution in [0.5, 0.6) is 0 Å². The number of hydrazine groups is 1. The molecule has 0 bridgehead atoms. The molecule has 1 atom stereocenters. The molecule has 0 aromatic rings. The van der Waals surface area contributed by atoms with Gasteiger partial charge < -0.3 is 10.6 Å². The molecule has 1 unspecified atom stereocenters. The van der Waals surface area contributed by atoms with Crippen LogP contribution in [-0.2, 0) is 0 Å². The van der Waals surface area contributed by atoms with Crippen LogP contribution in [0.25, 0.3) is 5.53 Å². The lowest BCUT2D eigenvalue weighted by molar-refractivity contribution is -0.891. The van der Waals surface area contributed by atoms with Crippen molar-refractivity contribution in [1.29, 1.82) is 0 Å². The zero-order valence-electron chi connectivity index (χ0n) is 4.18. The molecule has 0 saturated heterocycles. The summed E-state index contributed by atoms with van der Waals surface area (Å²) < 4.78 is 0. The van der Waals surface area contributed by atoms with E-state index in [0.717, 1.165) is 0 Å². The number of rotatable bonds is 3. The molecule has 4 N–H and O–H groups in total. The average molecular weight is 103 g/mol. The van der Waals surface area contributed by atoms with Crippen LogP contribution in [0.3, 0.4) is 0 Å². The summed E-state index contributed by atoms with van der Waals surface area (Å²) in [5.74, 6) is 4.89. The number of nitrogens with zero attached hydrogens (tertiary/aromatic N) is 2. The van der Waals surface area contributed by atoms with Crippen molar-refractivity contribution in [2.45, 2.75) is 0 Å². The summed E-state index contributed by atoms with van der Waals surface area (Å²) in [7, 11) is 1.69. The van der Waals surface area contributed by atoms with Gasteiger partial charge in [0.2, 0.25) is 0 Å². The zero-order chi connectivity index (χ0) is 5.70. The van der Waals surface area contributed by atoms with E-state index < -0.39 is 0 Å². The largest absolute Gasteiger partial charge is 0.385 e. The first-order valence-electron chi connectivity index (χ1n) is 1.78. The highest BCUT2D eigenvalue weighted by Crippen LogP contribution is 1.58. The van der Waals surface area contributed by atoms with Crippen molar-refractivity contribution in [3.05, 3.63) is 5.53 Å². The molecule has 5 nitrogen and oxygen atoms in total. The Balaban J connectivity index is 2.98. The van der Waals surface area contributed by atoms with Crippen molar-refractivity contribution in [1.82, 2.24) is 5.53 Å². The molecule has 42 valence electrons. The quantitative estimate of drug-likeness (QED) is 0.215. The predicted octanol–water partition coefficient (Wildman–Crippen LogP) is -2.22. The molecular formula is C2H9N5. The molecule has 0 aliphatic heterocycles. The van der Waals surface area contributed by atoms with Gasteiger partial charge in [0, 0.05) is 0 Å². The van der Waals surface area contributed by atoms with Crippen LogP contribution in [0.2, 0.25) is 0 Å². The Morgan fingerprint density at radius 3 is 2.71 bits per heavy atom. The maximum absolute atomic E-state index is 4.89. The minimum absolute atomic E-state index is 0.551. The summed E-state index contributed by atoms with van der Waals surface area (Å²) >= 11 is 0. The molecule has 0 amide bonds. The van der Waals surface area contributed by atoms with E-state index in [-0.39, 0.29) is 0 Å². The molecule has 0 aliphatic rings. The van der Waals surface area contributed by atoms with Gasteiger partial charge in [-0.2, -0.15) is 0 Å². The topological polar surface area (TPSA) is 69.0 Å². The number of nitrogens with two attached hydrogens (primary N) is 1. The van der Waals surface area contributed by atoms with Gasteiger partial charge in [0.15, 0.2) is 0 Å². The molecule has 0 rings (SSSR count). The Morgan fingerprint density at radius 2 is 2.57 bits per heavy atom. The van der Waals surface area contributed by atoms with E-state index in [1.54, 1.807) is 7.05 Å². The Kier molecular flexibility index (Phi) is 3.21. The van der Waals surface area contributed by atoms with Crippen LogP contribution in [0.15, 0.2) is 5.10 Å². The Hall–Kier alpha value is -0.650. The Labute approximate surface area is 42.1 Å². The lowest BCUT2D eigenvalue weighted by atomic mass is 11.4. The van der Waals surface area contributed by atoms with Crippen molar-refractivity contribution < 1.29 is 5.12 Å². The van der Waals surface area contributed by atoms with E-state index in [1.807, 2.05) is 0 Å². The summed E-state index contributed by atoms with van der Waals surface area (Å²) in [4.78, 5) is 0. The van der Waals surface area contributed by atoms with Crippen LogP contribution in [0.1, 0.15) is 0 Å². The fourth-order valence-electron chi connectivity index (χ4n) is 0.135. The lowest BCUT2D eigenvalue weighted by Gasteiger charge is -2.19. The minimum atomic E-state index is 0.551. The van der Waals surface area contributed by atoms with E-state index in [1.165, 1.54) is 0 Å². The smallest absolute Gasteiger partial charge is 0.0814 e. The highest BCUT2D eigenvalue weighted by atomic mass is 15.8. The second-order valence-corrected chi connectivity index (χ2v) is 0.971. The summed E-state index contributed by atoms with van der Waals surface area (Å²) in [6, 6.07) is 0. The maximum atomic E-state index is 4.89. The molecule has 5 heteroatoms. The SMILES string of the molecule is C=N[N-][NH+](C)NN. The summed E-state index contributed by atoms with van der Waals surface area (Å²) in [6.45, 7) is 3.12. The average Bonchev–Trinajstić information content (AvgIpc) is 1.68. The van der Waals surface area contributed by atoms with E-state index in [0.29, 0.717) is 5.12 Å². The predicted molar refractivity (Wildman–Crippen MR) is 27.1 cm³/mol. The molecule has 0 spiro atoms. The third-order valence-electron chi connectivity index (χ3n) is 0.430. The highest BCUT2D eigenvalue weighted by molar-refractivity contribution is 5.23. The maximum Gasteiger partial charge on any atom is 0.0814 e. The first-order chi connectivity index (χ1) is 3.31. The molecule has 0 aromatic carbocycles. The van der Waals surface area contributed by atoms with Gasteiger partial charge in [-0.3, -0.25) is 5.12 Å². The molecule has 0 heterocycles. The van der Waals surface area contributed by atoms with Crippen LogP contribution in [0.4, 0.5) is 0 Å². The highest BCUT2D eigenvalue weighted by Gasteiger charge is 1.73. The third-order valence-corrected chi connectivity index (χ3v) is 0.430. The third kappa shape index (κ3) is 3.17. The van der Waals surface area contributed by atoms with Gasteiger partial charge in [-0.15, -0.1) is 5.53 Å². The van der Waals surface area contributed by atoms with Crippen molar-refractivity contribution in [2.75, 3.05) is 7.05 Å². The minimum Gasteiger partial charge on any atom is -0.385 e. The Bertz CT molecular complexity index is 52.0. The summed E-state index contributed by atoms with van der Waals surface area (Å²) in [5, 5.41) is 3.75. The second-order valence-electron chi connectivity index (χ2n) is 0.971. The van der Waals surface area contributed by atoms with Gasteiger partial charge in [0.1, 0.15) is 0 Å². The molecule has 0 aromatic heterocycles. The number of quaternary nitrogens is 1. The van der Waals surface area contributed by atoms with Gasteiger partial charge in [0.25, 0.3) is 0 Å². The molecule has 0 saturated carbocycles. The second kappa shape index (κ2) is 3.54. The standard InChI is InChI=1S/C2H9N5/c1-4-6-7(2)5-3/h5,7H,1,3H2,2H3. The van der Waals surface area contributed by atoms with Crippen LogP contribution in [-0.4, -0.2) is 13.8 Å². The fourth-order valence-corrected chi connectivity index (χ4v) is 0.135.